The van der Waals surface area contributed by atoms with E-state index in [1.165, 1.54) is 25.7 Å². The van der Waals surface area contributed by atoms with Crippen molar-refractivity contribution >= 4 is 0 Å². The second kappa shape index (κ2) is 2.30. The predicted octanol–water partition coefficient (Wildman–Crippen LogP) is 1.91. The Hall–Kier alpha value is -0.0400. The first kappa shape index (κ1) is 7.07. The molecule has 0 aromatic carbocycles. The third-order valence-corrected chi connectivity index (χ3v) is 2.73. The molecule has 1 heteroatoms. The maximum absolute atomic E-state index is 6.02. The molecule has 1 aliphatic carbocycles. The molecule has 0 bridgehead atoms. The lowest BCUT2D eigenvalue weighted by Gasteiger charge is -2.35. The zero-order chi connectivity index (χ0) is 6.91. The lowest BCUT2D eigenvalue weighted by molar-refractivity contribution is 0.226. The van der Waals surface area contributed by atoms with Gasteiger partial charge in [0.2, 0.25) is 0 Å². The molecule has 1 saturated carbocycles. The van der Waals surface area contributed by atoms with Gasteiger partial charge in [-0.3, -0.25) is 0 Å². The Morgan fingerprint density at radius 1 is 1.44 bits per heavy atom. The quantitative estimate of drug-likeness (QED) is 0.528. The van der Waals surface area contributed by atoms with Gasteiger partial charge in [-0.05, 0) is 25.7 Å². The Balaban J connectivity index is 2.49. The summed E-state index contributed by atoms with van der Waals surface area (Å²) in [6.45, 7) is 4.44. The van der Waals surface area contributed by atoms with Crippen molar-refractivity contribution in [3.63, 3.8) is 0 Å². The van der Waals surface area contributed by atoms with Crippen molar-refractivity contribution < 1.29 is 0 Å². The Bertz CT molecular complexity index is 96.7. The highest BCUT2D eigenvalue weighted by atomic mass is 14.7. The first-order valence-electron chi connectivity index (χ1n) is 3.92. The Morgan fingerprint density at radius 3 is 2.44 bits per heavy atom. The third kappa shape index (κ3) is 1.45. The van der Waals surface area contributed by atoms with E-state index in [0.29, 0.717) is 0 Å². The molecule has 0 aromatic heterocycles. The van der Waals surface area contributed by atoms with Crippen LogP contribution in [0.4, 0.5) is 0 Å². The fraction of sp³-hybridized carbons (Fsp3) is 1.00. The van der Waals surface area contributed by atoms with Crippen molar-refractivity contribution in [2.75, 3.05) is 0 Å². The molecule has 0 heterocycles. The fourth-order valence-corrected chi connectivity index (χ4v) is 1.53. The van der Waals surface area contributed by atoms with E-state index >= 15 is 0 Å². The number of hydrogen-bond acceptors (Lipinski definition) is 1. The van der Waals surface area contributed by atoms with Gasteiger partial charge in [-0.2, -0.15) is 0 Å². The van der Waals surface area contributed by atoms with Gasteiger partial charge in [0.1, 0.15) is 0 Å². The van der Waals surface area contributed by atoms with Crippen molar-refractivity contribution in [1.82, 2.24) is 0 Å². The molecule has 1 fully saturated rings. The van der Waals surface area contributed by atoms with Gasteiger partial charge in [0.25, 0.3) is 0 Å². The summed E-state index contributed by atoms with van der Waals surface area (Å²) in [4.78, 5) is 0. The van der Waals surface area contributed by atoms with Crippen LogP contribution in [0.1, 0.15) is 39.5 Å². The van der Waals surface area contributed by atoms with Gasteiger partial charge < -0.3 is 5.73 Å². The molecule has 1 aliphatic rings. The highest BCUT2D eigenvalue weighted by molar-refractivity contribution is 4.87. The van der Waals surface area contributed by atoms with E-state index in [1.807, 2.05) is 0 Å². The maximum Gasteiger partial charge on any atom is 0.0151 e. The van der Waals surface area contributed by atoms with Crippen LogP contribution in [0.15, 0.2) is 0 Å². The third-order valence-electron chi connectivity index (χ3n) is 2.73. The second-order valence-corrected chi connectivity index (χ2v) is 3.65. The van der Waals surface area contributed by atoms with Crippen molar-refractivity contribution in [2.24, 2.45) is 11.7 Å². The molecule has 1 rings (SSSR count). The summed E-state index contributed by atoms with van der Waals surface area (Å²) in [7, 11) is 0. The first-order chi connectivity index (χ1) is 4.13. The topological polar surface area (TPSA) is 26.0 Å². The van der Waals surface area contributed by atoms with Crippen molar-refractivity contribution in [2.45, 2.75) is 45.1 Å². The molecular formula is C8H17N. The SMILES string of the molecule is CC1CCCC[C@]1(C)N. The largest absolute Gasteiger partial charge is 0.325 e. The van der Waals surface area contributed by atoms with Gasteiger partial charge in [-0.1, -0.05) is 19.8 Å². The van der Waals surface area contributed by atoms with Crippen LogP contribution in [-0.4, -0.2) is 5.54 Å². The van der Waals surface area contributed by atoms with Gasteiger partial charge in [0.05, 0.1) is 0 Å². The average Bonchev–Trinajstić information content (AvgIpc) is 1.77. The molecule has 9 heavy (non-hydrogen) atoms. The summed E-state index contributed by atoms with van der Waals surface area (Å²) < 4.78 is 0. The van der Waals surface area contributed by atoms with E-state index in [2.05, 4.69) is 13.8 Å². The van der Waals surface area contributed by atoms with Gasteiger partial charge in [-0.25, -0.2) is 0 Å². The molecule has 0 aliphatic heterocycles. The van der Waals surface area contributed by atoms with Crippen LogP contribution < -0.4 is 5.73 Å². The monoisotopic (exact) mass is 127 g/mol. The van der Waals surface area contributed by atoms with Gasteiger partial charge in [0, 0.05) is 5.54 Å². The first-order valence-corrected chi connectivity index (χ1v) is 3.92. The molecule has 0 saturated heterocycles. The van der Waals surface area contributed by atoms with Crippen LogP contribution in [0.25, 0.3) is 0 Å². The summed E-state index contributed by atoms with van der Waals surface area (Å²) in [6.07, 6.45) is 5.26. The van der Waals surface area contributed by atoms with Crippen LogP contribution in [-0.2, 0) is 0 Å². The summed E-state index contributed by atoms with van der Waals surface area (Å²) in [5, 5.41) is 0. The number of nitrogens with two attached hydrogens (primary N) is 1. The minimum atomic E-state index is 0.137. The van der Waals surface area contributed by atoms with Gasteiger partial charge in [-0.15, -0.1) is 0 Å². The van der Waals surface area contributed by atoms with Crippen LogP contribution in [0.3, 0.4) is 0 Å². The second-order valence-electron chi connectivity index (χ2n) is 3.65. The Kier molecular flexibility index (Phi) is 1.80. The molecule has 2 N–H and O–H groups in total. The highest BCUT2D eigenvalue weighted by Gasteiger charge is 2.28. The Labute approximate surface area is 57.6 Å². The summed E-state index contributed by atoms with van der Waals surface area (Å²) in [5.74, 6) is 0.728. The molecule has 0 aromatic rings. The average molecular weight is 127 g/mol. The highest BCUT2D eigenvalue weighted by Crippen LogP contribution is 2.30. The lowest BCUT2D eigenvalue weighted by Crippen LogP contribution is -2.44. The zero-order valence-electron chi connectivity index (χ0n) is 6.48. The van der Waals surface area contributed by atoms with E-state index in [4.69, 9.17) is 5.73 Å². The van der Waals surface area contributed by atoms with Crippen LogP contribution in [0, 0.1) is 5.92 Å². The minimum absolute atomic E-state index is 0.137. The number of rotatable bonds is 0. The summed E-state index contributed by atoms with van der Waals surface area (Å²) in [6, 6.07) is 0. The van der Waals surface area contributed by atoms with Crippen LogP contribution in [0.2, 0.25) is 0 Å². The number of hydrogen-bond donors (Lipinski definition) is 1. The molecule has 1 nitrogen and oxygen atoms in total. The summed E-state index contributed by atoms with van der Waals surface area (Å²) >= 11 is 0. The van der Waals surface area contributed by atoms with E-state index in [9.17, 15) is 0 Å². The molecule has 1 unspecified atom stereocenters. The van der Waals surface area contributed by atoms with Gasteiger partial charge >= 0.3 is 0 Å². The van der Waals surface area contributed by atoms with Crippen LogP contribution >= 0.6 is 0 Å². The van der Waals surface area contributed by atoms with E-state index in [0.717, 1.165) is 5.92 Å². The van der Waals surface area contributed by atoms with Crippen molar-refractivity contribution in [3.8, 4) is 0 Å². The van der Waals surface area contributed by atoms with Crippen molar-refractivity contribution in [1.29, 1.82) is 0 Å². The van der Waals surface area contributed by atoms with Gasteiger partial charge in [0.15, 0.2) is 0 Å². The zero-order valence-corrected chi connectivity index (χ0v) is 6.48. The molecule has 0 spiro atoms. The smallest absolute Gasteiger partial charge is 0.0151 e. The van der Waals surface area contributed by atoms with E-state index in [1.54, 1.807) is 0 Å². The standard InChI is InChI=1S/C8H17N/c1-7-5-3-4-6-8(7,2)9/h7H,3-6,9H2,1-2H3/t7?,8-/m0/s1. The molecule has 2 atom stereocenters. The lowest BCUT2D eigenvalue weighted by atomic mass is 9.76. The van der Waals surface area contributed by atoms with Crippen molar-refractivity contribution in [3.05, 3.63) is 0 Å². The molecule has 54 valence electrons. The molecular weight excluding hydrogens is 110 g/mol. The normalized spacial score (nSPS) is 45.0. The predicted molar refractivity (Wildman–Crippen MR) is 40.2 cm³/mol. The minimum Gasteiger partial charge on any atom is -0.325 e. The molecule has 0 amide bonds. The van der Waals surface area contributed by atoms with E-state index in [-0.39, 0.29) is 5.54 Å². The van der Waals surface area contributed by atoms with E-state index < -0.39 is 0 Å². The fourth-order valence-electron chi connectivity index (χ4n) is 1.53. The maximum atomic E-state index is 6.02. The Morgan fingerprint density at radius 2 is 2.11 bits per heavy atom. The van der Waals surface area contributed by atoms with Crippen LogP contribution in [0.5, 0.6) is 0 Å². The molecule has 0 radical (unpaired) electrons. The summed E-state index contributed by atoms with van der Waals surface area (Å²) in [5.41, 5.74) is 6.16.